The Morgan fingerprint density at radius 1 is 1.29 bits per heavy atom. The molecule has 0 saturated carbocycles. The molecule has 7 heteroatoms. The average molecular weight is 383 g/mol. The smallest absolute Gasteiger partial charge is 0.329 e. The number of ketones is 2. The molecule has 1 atom stereocenters. The number of thiophene rings is 1. The number of esters is 1. The highest BCUT2D eigenvalue weighted by atomic mass is 35.5. The Kier molecular flexibility index (Phi) is 5.59. The Hall–Kier alpha value is -1.95. The van der Waals surface area contributed by atoms with Gasteiger partial charge in [-0.15, -0.1) is 23.7 Å². The standard InChI is InChI=1S/C17H11ClO4S.ClH/c1-9-8-12(20)15(17(21)22-9)11(19)6-7-14-16(18)10-4-2-3-5-13(10)23-14;/h2-8,15H,1H3;1H. The molecule has 1 aliphatic rings. The lowest BCUT2D eigenvalue weighted by Gasteiger charge is -2.15. The van der Waals surface area contributed by atoms with Crippen LogP contribution in [0.3, 0.4) is 0 Å². The van der Waals surface area contributed by atoms with Crippen LogP contribution < -0.4 is 0 Å². The van der Waals surface area contributed by atoms with E-state index >= 15 is 0 Å². The lowest BCUT2D eigenvalue weighted by molar-refractivity contribution is -0.151. The van der Waals surface area contributed by atoms with Crippen molar-refractivity contribution in [2.45, 2.75) is 6.92 Å². The van der Waals surface area contributed by atoms with Crippen molar-refractivity contribution in [1.29, 1.82) is 0 Å². The van der Waals surface area contributed by atoms with Gasteiger partial charge >= 0.3 is 5.97 Å². The highest BCUT2D eigenvalue weighted by Crippen LogP contribution is 2.36. The van der Waals surface area contributed by atoms with E-state index in [4.69, 9.17) is 16.3 Å². The molecule has 0 spiro atoms. The van der Waals surface area contributed by atoms with Gasteiger partial charge in [-0.05, 0) is 25.1 Å². The van der Waals surface area contributed by atoms with E-state index in [2.05, 4.69) is 0 Å². The molecule has 2 aromatic rings. The molecule has 1 aliphatic heterocycles. The number of fused-ring (bicyclic) bond motifs is 1. The maximum Gasteiger partial charge on any atom is 0.329 e. The number of cyclic esters (lactones) is 1. The summed E-state index contributed by atoms with van der Waals surface area (Å²) in [6, 6.07) is 7.60. The molecule has 4 nitrogen and oxygen atoms in total. The van der Waals surface area contributed by atoms with Crippen LogP contribution in [0, 0.1) is 5.92 Å². The number of allylic oxidation sites excluding steroid dienone is 3. The van der Waals surface area contributed by atoms with Crippen LogP contribution in [0.4, 0.5) is 0 Å². The number of halogens is 2. The molecular formula is C17H12Cl2O4S. The van der Waals surface area contributed by atoms with Gasteiger partial charge in [0.1, 0.15) is 5.76 Å². The van der Waals surface area contributed by atoms with Crippen LogP contribution in [0.1, 0.15) is 11.8 Å². The molecule has 0 N–H and O–H groups in total. The summed E-state index contributed by atoms with van der Waals surface area (Å²) in [5, 5.41) is 1.45. The summed E-state index contributed by atoms with van der Waals surface area (Å²) < 4.78 is 5.83. The predicted molar refractivity (Wildman–Crippen MR) is 96.5 cm³/mol. The molecule has 0 bridgehead atoms. The molecule has 24 heavy (non-hydrogen) atoms. The first-order chi connectivity index (χ1) is 11.0. The fraction of sp³-hybridized carbons (Fsp3) is 0.118. The molecule has 0 aliphatic carbocycles. The van der Waals surface area contributed by atoms with Crippen LogP contribution in [-0.2, 0) is 19.1 Å². The van der Waals surface area contributed by atoms with Gasteiger partial charge in [0.15, 0.2) is 17.5 Å². The first-order valence-electron chi connectivity index (χ1n) is 6.80. The Morgan fingerprint density at radius 3 is 2.67 bits per heavy atom. The number of hydrogen-bond donors (Lipinski definition) is 0. The molecule has 124 valence electrons. The predicted octanol–water partition coefficient (Wildman–Crippen LogP) is 4.20. The van der Waals surface area contributed by atoms with Gasteiger partial charge < -0.3 is 4.74 Å². The normalized spacial score (nSPS) is 17.6. The summed E-state index contributed by atoms with van der Waals surface area (Å²) >= 11 is 7.71. The van der Waals surface area contributed by atoms with Gasteiger partial charge in [-0.3, -0.25) is 14.4 Å². The molecule has 2 heterocycles. The molecule has 3 rings (SSSR count). The Bertz CT molecular complexity index is 895. The SMILES string of the molecule is CC1=CC(=O)C(C(=O)C=Cc2sc3ccccc3c2Cl)C(=O)O1.Cl. The fourth-order valence-electron chi connectivity index (χ4n) is 2.30. The van der Waals surface area contributed by atoms with Crippen molar-refractivity contribution in [3.63, 3.8) is 0 Å². The first-order valence-corrected chi connectivity index (χ1v) is 7.99. The zero-order valence-electron chi connectivity index (χ0n) is 12.4. The van der Waals surface area contributed by atoms with Crippen molar-refractivity contribution in [3.05, 3.63) is 52.1 Å². The van der Waals surface area contributed by atoms with Gasteiger partial charge in [-0.25, -0.2) is 0 Å². The molecule has 0 radical (unpaired) electrons. The Balaban J connectivity index is 0.00000208. The van der Waals surface area contributed by atoms with Crippen molar-refractivity contribution in [2.24, 2.45) is 5.92 Å². The molecule has 0 amide bonds. The highest BCUT2D eigenvalue weighted by Gasteiger charge is 2.36. The monoisotopic (exact) mass is 382 g/mol. The molecular weight excluding hydrogens is 371 g/mol. The van der Waals surface area contributed by atoms with E-state index < -0.39 is 23.5 Å². The van der Waals surface area contributed by atoms with E-state index in [9.17, 15) is 14.4 Å². The minimum atomic E-state index is -1.43. The third-order valence-corrected chi connectivity index (χ3v) is 5.03. The van der Waals surface area contributed by atoms with Crippen molar-refractivity contribution in [3.8, 4) is 0 Å². The maximum atomic E-state index is 12.1. The van der Waals surface area contributed by atoms with Crippen LogP contribution in [0.5, 0.6) is 0 Å². The van der Waals surface area contributed by atoms with Crippen LogP contribution in [0.2, 0.25) is 5.02 Å². The summed E-state index contributed by atoms with van der Waals surface area (Å²) in [6.45, 7) is 1.49. The van der Waals surface area contributed by atoms with E-state index in [1.165, 1.54) is 30.4 Å². The second-order valence-corrected chi connectivity index (χ2v) is 6.49. The molecule has 0 saturated heterocycles. The second kappa shape index (κ2) is 7.30. The average Bonchev–Trinajstić information content (AvgIpc) is 2.81. The first kappa shape index (κ1) is 18.4. The highest BCUT2D eigenvalue weighted by molar-refractivity contribution is 7.20. The Morgan fingerprint density at radius 2 is 2.00 bits per heavy atom. The summed E-state index contributed by atoms with van der Waals surface area (Å²) in [5.41, 5.74) is 0. The van der Waals surface area contributed by atoms with E-state index in [1.54, 1.807) is 0 Å². The zero-order valence-corrected chi connectivity index (χ0v) is 14.8. The second-order valence-electron chi connectivity index (χ2n) is 5.02. The molecule has 1 aromatic carbocycles. The van der Waals surface area contributed by atoms with Gasteiger partial charge in [0.2, 0.25) is 0 Å². The van der Waals surface area contributed by atoms with E-state index in [0.29, 0.717) is 9.90 Å². The quantitative estimate of drug-likeness (QED) is 0.453. The number of rotatable bonds is 3. The summed E-state index contributed by atoms with van der Waals surface area (Å²) in [4.78, 5) is 36.4. The number of hydrogen-bond acceptors (Lipinski definition) is 5. The molecule has 0 fully saturated rings. The number of carbonyl (C=O) groups excluding carboxylic acids is 3. The van der Waals surface area contributed by atoms with E-state index in [1.807, 2.05) is 24.3 Å². The van der Waals surface area contributed by atoms with Crippen LogP contribution in [0.15, 0.2) is 42.2 Å². The van der Waals surface area contributed by atoms with Gasteiger partial charge in [0.05, 0.1) is 5.02 Å². The summed E-state index contributed by atoms with van der Waals surface area (Å²) in [6.07, 6.45) is 3.89. The fourth-order valence-corrected chi connectivity index (χ4v) is 3.70. The van der Waals surface area contributed by atoms with Crippen molar-refractivity contribution in [1.82, 2.24) is 0 Å². The van der Waals surface area contributed by atoms with Crippen LogP contribution in [-0.4, -0.2) is 17.5 Å². The Labute approximate surface area is 153 Å². The summed E-state index contributed by atoms with van der Waals surface area (Å²) in [7, 11) is 0. The molecule has 1 unspecified atom stereocenters. The topological polar surface area (TPSA) is 60.4 Å². The van der Waals surface area contributed by atoms with Crippen molar-refractivity contribution >= 4 is 69.0 Å². The molecule has 1 aromatic heterocycles. The van der Waals surface area contributed by atoms with E-state index in [-0.39, 0.29) is 18.2 Å². The minimum Gasteiger partial charge on any atom is -0.430 e. The lowest BCUT2D eigenvalue weighted by Crippen LogP contribution is -2.34. The maximum absolute atomic E-state index is 12.1. The third kappa shape index (κ3) is 3.43. The third-order valence-electron chi connectivity index (χ3n) is 3.37. The summed E-state index contributed by atoms with van der Waals surface area (Å²) in [5.74, 6) is -3.25. The van der Waals surface area contributed by atoms with Gasteiger partial charge in [-0.1, -0.05) is 29.8 Å². The van der Waals surface area contributed by atoms with Gasteiger partial charge in [-0.2, -0.15) is 0 Å². The lowest BCUT2D eigenvalue weighted by atomic mass is 9.96. The minimum absolute atomic E-state index is 0. The van der Waals surface area contributed by atoms with Gasteiger partial charge in [0, 0.05) is 21.0 Å². The zero-order chi connectivity index (χ0) is 16.6. The largest absolute Gasteiger partial charge is 0.430 e. The number of benzene rings is 1. The van der Waals surface area contributed by atoms with Crippen LogP contribution >= 0.6 is 35.3 Å². The van der Waals surface area contributed by atoms with Crippen LogP contribution in [0.25, 0.3) is 16.2 Å². The number of carbonyl (C=O) groups is 3. The van der Waals surface area contributed by atoms with E-state index in [0.717, 1.165) is 16.2 Å². The van der Waals surface area contributed by atoms with Crippen molar-refractivity contribution in [2.75, 3.05) is 0 Å². The van der Waals surface area contributed by atoms with Gasteiger partial charge in [0.25, 0.3) is 0 Å². The van der Waals surface area contributed by atoms with Crippen molar-refractivity contribution < 1.29 is 19.1 Å². The number of ether oxygens (including phenoxy) is 1.